The predicted molar refractivity (Wildman–Crippen MR) is 150 cm³/mol. The van der Waals surface area contributed by atoms with Gasteiger partial charge in [-0.05, 0) is 69.1 Å². The number of amides is 2. The molecule has 1 fully saturated rings. The lowest BCUT2D eigenvalue weighted by atomic mass is 9.91. The summed E-state index contributed by atoms with van der Waals surface area (Å²) in [6.45, 7) is 8.16. The number of nitrogens with zero attached hydrogens (tertiary/aromatic N) is 3. The average Bonchev–Trinajstić information content (AvgIpc) is 3.15. The Morgan fingerprint density at radius 1 is 1.05 bits per heavy atom. The number of nitrogens with one attached hydrogen (secondary N) is 1. The van der Waals surface area contributed by atoms with E-state index in [1.807, 2.05) is 38.1 Å². The number of esters is 1. The topological polar surface area (TPSA) is 99.3 Å². The average molecular weight is 575 g/mol. The third kappa shape index (κ3) is 6.30. The van der Waals surface area contributed by atoms with Gasteiger partial charge in [0.2, 0.25) is 10.0 Å². The Bertz CT molecular complexity index is 1350. The molecule has 1 saturated heterocycles. The van der Waals surface area contributed by atoms with Crippen molar-refractivity contribution >= 4 is 33.6 Å². The van der Waals surface area contributed by atoms with Gasteiger partial charge in [-0.15, -0.1) is 0 Å². The molecule has 0 radical (unpaired) electrons. The van der Waals surface area contributed by atoms with Crippen LogP contribution in [0.25, 0.3) is 0 Å². The first-order chi connectivity index (χ1) is 18.7. The van der Waals surface area contributed by atoms with E-state index in [4.69, 9.17) is 16.3 Å². The van der Waals surface area contributed by atoms with Gasteiger partial charge in [-0.2, -0.15) is 4.31 Å². The van der Waals surface area contributed by atoms with Gasteiger partial charge >= 0.3 is 12.0 Å². The van der Waals surface area contributed by atoms with Crippen molar-refractivity contribution in [3.8, 4) is 0 Å². The van der Waals surface area contributed by atoms with E-state index in [1.54, 1.807) is 24.0 Å². The van der Waals surface area contributed by atoms with Gasteiger partial charge in [0.05, 0.1) is 23.1 Å². The minimum Gasteiger partial charge on any atom is -0.463 e. The zero-order valence-corrected chi connectivity index (χ0v) is 24.1. The molecule has 1 N–H and O–H groups in total. The van der Waals surface area contributed by atoms with Crippen molar-refractivity contribution in [3.05, 3.63) is 76.0 Å². The molecule has 2 amide bonds. The fraction of sp³-hybridized carbons (Fsp3) is 0.429. The van der Waals surface area contributed by atoms with E-state index in [0.717, 1.165) is 11.1 Å². The van der Waals surface area contributed by atoms with E-state index < -0.39 is 22.0 Å². The number of benzene rings is 2. The molecule has 0 saturated carbocycles. The molecular weight excluding hydrogens is 540 g/mol. The number of halogens is 1. The molecule has 2 aliphatic heterocycles. The van der Waals surface area contributed by atoms with Crippen LogP contribution in [0.15, 0.2) is 64.7 Å². The second-order valence-corrected chi connectivity index (χ2v) is 11.9. The second-order valence-electron chi connectivity index (χ2n) is 9.55. The van der Waals surface area contributed by atoms with Gasteiger partial charge in [-0.1, -0.05) is 35.9 Å². The van der Waals surface area contributed by atoms with Crippen molar-refractivity contribution in [3.63, 3.8) is 0 Å². The maximum Gasteiger partial charge on any atom is 0.338 e. The Morgan fingerprint density at radius 3 is 2.44 bits per heavy atom. The van der Waals surface area contributed by atoms with Gasteiger partial charge in [0, 0.05) is 43.4 Å². The molecule has 9 nitrogen and oxygen atoms in total. The largest absolute Gasteiger partial charge is 0.463 e. The fourth-order valence-electron chi connectivity index (χ4n) is 5.11. The standard InChI is InChI=1S/C28H35ClN4O5S/c1-4-33-24(25(27(34)38-5-2)26(30-28(33)35)23-10-7-6-9-20(23)3)19-31-15-8-16-32(18-17-31)39(36,37)22-13-11-21(29)12-14-22/h6-7,9-14,26H,4-5,8,15-19H2,1-3H3,(H,30,35). The highest BCUT2D eigenvalue weighted by molar-refractivity contribution is 7.89. The van der Waals surface area contributed by atoms with Crippen LogP contribution in [0.4, 0.5) is 4.79 Å². The van der Waals surface area contributed by atoms with E-state index in [2.05, 4.69) is 10.2 Å². The summed E-state index contributed by atoms with van der Waals surface area (Å²) in [4.78, 5) is 30.5. The SMILES string of the molecule is CCOC(=O)C1=C(CN2CCCN(S(=O)(=O)c3ccc(Cl)cc3)CC2)N(CC)C(=O)NC1c1ccccc1C. The van der Waals surface area contributed by atoms with Gasteiger partial charge in [0.15, 0.2) is 0 Å². The normalized spacial score (nSPS) is 19.5. The maximum absolute atomic E-state index is 13.4. The first kappa shape index (κ1) is 29.1. The Kier molecular flexibility index (Phi) is 9.32. The molecule has 4 rings (SSSR count). The molecule has 1 atom stereocenters. The second kappa shape index (κ2) is 12.5. The molecule has 2 aromatic rings. The van der Waals surface area contributed by atoms with Gasteiger partial charge < -0.3 is 10.1 Å². The number of hydrogen-bond donors (Lipinski definition) is 1. The zero-order valence-electron chi connectivity index (χ0n) is 22.5. The van der Waals surface area contributed by atoms with Gasteiger partial charge in [-0.3, -0.25) is 9.80 Å². The summed E-state index contributed by atoms with van der Waals surface area (Å²) in [5.74, 6) is -0.471. The van der Waals surface area contributed by atoms with Gasteiger partial charge in [0.25, 0.3) is 0 Å². The molecule has 11 heteroatoms. The van der Waals surface area contributed by atoms with Crippen molar-refractivity contribution in [2.75, 3.05) is 45.9 Å². The summed E-state index contributed by atoms with van der Waals surface area (Å²) in [5.41, 5.74) is 2.77. The highest BCUT2D eigenvalue weighted by Crippen LogP contribution is 2.33. The summed E-state index contributed by atoms with van der Waals surface area (Å²) in [6.07, 6.45) is 0.606. The zero-order chi connectivity index (χ0) is 28.2. The first-order valence-corrected chi connectivity index (χ1v) is 15.0. The summed E-state index contributed by atoms with van der Waals surface area (Å²) < 4.78 is 33.5. The molecule has 2 aliphatic rings. The lowest BCUT2D eigenvalue weighted by Crippen LogP contribution is -2.51. The third-order valence-corrected chi connectivity index (χ3v) is 9.29. The van der Waals surface area contributed by atoms with Crippen LogP contribution in [0.5, 0.6) is 0 Å². The number of carbonyl (C=O) groups is 2. The molecule has 1 unspecified atom stereocenters. The van der Waals surface area contributed by atoms with Crippen molar-refractivity contribution in [2.24, 2.45) is 0 Å². The van der Waals surface area contributed by atoms with Crippen LogP contribution in [0.2, 0.25) is 5.02 Å². The fourth-order valence-corrected chi connectivity index (χ4v) is 6.71. The first-order valence-electron chi connectivity index (χ1n) is 13.2. The van der Waals surface area contributed by atoms with E-state index in [0.29, 0.717) is 55.4 Å². The van der Waals surface area contributed by atoms with Crippen molar-refractivity contribution in [1.29, 1.82) is 0 Å². The number of aryl methyl sites for hydroxylation is 1. The highest BCUT2D eigenvalue weighted by Gasteiger charge is 2.39. The minimum atomic E-state index is -3.68. The molecule has 0 aliphatic carbocycles. The quantitative estimate of drug-likeness (QED) is 0.479. The molecule has 210 valence electrons. The van der Waals surface area contributed by atoms with Crippen molar-refractivity contribution in [1.82, 2.24) is 19.4 Å². The third-order valence-electron chi connectivity index (χ3n) is 7.12. The Balaban J connectivity index is 1.65. The Morgan fingerprint density at radius 2 is 1.77 bits per heavy atom. The molecule has 0 aromatic heterocycles. The number of likely N-dealkylation sites (N-methyl/N-ethyl adjacent to an activating group) is 1. The minimum absolute atomic E-state index is 0.204. The van der Waals surface area contributed by atoms with Crippen LogP contribution in [0.1, 0.15) is 37.4 Å². The number of rotatable bonds is 8. The number of hydrogen-bond acceptors (Lipinski definition) is 6. The van der Waals surface area contributed by atoms with Crippen molar-refractivity contribution < 1.29 is 22.7 Å². The number of urea groups is 1. The van der Waals surface area contributed by atoms with Gasteiger partial charge in [-0.25, -0.2) is 18.0 Å². The van der Waals surface area contributed by atoms with Crippen LogP contribution in [0, 0.1) is 6.92 Å². The molecule has 2 aromatic carbocycles. The Hall–Kier alpha value is -2.92. The number of sulfonamides is 1. The number of ether oxygens (including phenoxy) is 1. The molecule has 39 heavy (non-hydrogen) atoms. The van der Waals surface area contributed by atoms with Crippen LogP contribution in [-0.2, 0) is 19.6 Å². The van der Waals surface area contributed by atoms with E-state index in [-0.39, 0.29) is 24.1 Å². The van der Waals surface area contributed by atoms with Crippen LogP contribution in [0.3, 0.4) is 0 Å². The number of carbonyl (C=O) groups excluding carboxylic acids is 2. The lowest BCUT2D eigenvalue weighted by Gasteiger charge is -2.38. The van der Waals surface area contributed by atoms with Gasteiger partial charge in [0.1, 0.15) is 0 Å². The summed E-state index contributed by atoms with van der Waals surface area (Å²) in [5, 5.41) is 3.48. The lowest BCUT2D eigenvalue weighted by molar-refractivity contribution is -0.139. The summed E-state index contributed by atoms with van der Waals surface area (Å²) in [6, 6.07) is 12.9. The smallest absolute Gasteiger partial charge is 0.338 e. The summed E-state index contributed by atoms with van der Waals surface area (Å²) in [7, 11) is -3.68. The summed E-state index contributed by atoms with van der Waals surface area (Å²) >= 11 is 5.95. The molecule has 0 spiro atoms. The monoisotopic (exact) mass is 574 g/mol. The maximum atomic E-state index is 13.4. The van der Waals surface area contributed by atoms with Crippen molar-refractivity contribution in [2.45, 2.75) is 38.1 Å². The van der Waals surface area contributed by atoms with E-state index >= 15 is 0 Å². The van der Waals surface area contributed by atoms with Crippen LogP contribution in [-0.4, -0.2) is 80.4 Å². The van der Waals surface area contributed by atoms with E-state index in [1.165, 1.54) is 16.4 Å². The molecular formula is C28H35ClN4O5S. The van der Waals surface area contributed by atoms with Crippen LogP contribution < -0.4 is 5.32 Å². The highest BCUT2D eigenvalue weighted by atomic mass is 35.5. The van der Waals surface area contributed by atoms with E-state index in [9.17, 15) is 18.0 Å². The predicted octanol–water partition coefficient (Wildman–Crippen LogP) is 3.95. The van der Waals surface area contributed by atoms with Crippen LogP contribution >= 0.6 is 11.6 Å². The Labute approximate surface area is 235 Å². The molecule has 2 heterocycles. The molecule has 0 bridgehead atoms.